The van der Waals surface area contributed by atoms with Gasteiger partial charge in [-0.2, -0.15) is 12.7 Å². The Labute approximate surface area is 102 Å². The second kappa shape index (κ2) is 6.00. The first-order valence-electron chi connectivity index (χ1n) is 5.37. The van der Waals surface area contributed by atoms with Gasteiger partial charge in [0.1, 0.15) is 0 Å². The van der Waals surface area contributed by atoms with E-state index < -0.39 is 10.2 Å². The molecule has 0 aromatic heterocycles. The maximum atomic E-state index is 11.9. The average Bonchev–Trinajstić information content (AvgIpc) is 2.25. The van der Waals surface area contributed by atoms with Gasteiger partial charge in [0.25, 0.3) is 0 Å². The van der Waals surface area contributed by atoms with Crippen molar-refractivity contribution in [3.63, 3.8) is 0 Å². The third kappa shape index (κ3) is 4.33. The van der Waals surface area contributed by atoms with Gasteiger partial charge in [0, 0.05) is 20.2 Å². The van der Waals surface area contributed by atoms with Crippen molar-refractivity contribution >= 4 is 15.9 Å². The number of aliphatic hydroxyl groups excluding tert-OH is 1. The van der Waals surface area contributed by atoms with Crippen LogP contribution < -0.4 is 4.72 Å². The summed E-state index contributed by atoms with van der Waals surface area (Å²) in [5.41, 5.74) is 1.53. The van der Waals surface area contributed by atoms with Gasteiger partial charge in [-0.05, 0) is 31.0 Å². The Hall–Kier alpha value is -1.11. The summed E-state index contributed by atoms with van der Waals surface area (Å²) in [5, 5.41) is 8.67. The molecule has 0 saturated carbocycles. The van der Waals surface area contributed by atoms with Crippen LogP contribution in [0.3, 0.4) is 0 Å². The number of aryl methyl sites for hydroxylation is 1. The maximum absolute atomic E-state index is 11.9. The van der Waals surface area contributed by atoms with Gasteiger partial charge in [-0.3, -0.25) is 4.72 Å². The van der Waals surface area contributed by atoms with E-state index in [9.17, 15) is 8.42 Å². The molecular weight excluding hydrogens is 240 g/mol. The highest BCUT2D eigenvalue weighted by molar-refractivity contribution is 7.90. The van der Waals surface area contributed by atoms with Crippen LogP contribution in [0, 0.1) is 6.92 Å². The molecule has 0 aliphatic carbocycles. The zero-order valence-corrected chi connectivity index (χ0v) is 10.9. The highest BCUT2D eigenvalue weighted by Crippen LogP contribution is 2.12. The zero-order valence-electron chi connectivity index (χ0n) is 10.0. The molecule has 1 rings (SSSR count). The Bertz CT molecular complexity index is 460. The molecule has 6 heteroatoms. The molecule has 0 saturated heterocycles. The SMILES string of the molecule is Cc1cccc(NS(=O)(=O)N(C)CCCO)c1. The molecule has 0 bridgehead atoms. The number of anilines is 1. The molecule has 0 unspecified atom stereocenters. The van der Waals surface area contributed by atoms with Crippen LogP contribution in [0.5, 0.6) is 0 Å². The Balaban J connectivity index is 2.72. The zero-order chi connectivity index (χ0) is 12.9. The fourth-order valence-corrected chi connectivity index (χ4v) is 2.30. The van der Waals surface area contributed by atoms with E-state index in [4.69, 9.17) is 5.11 Å². The van der Waals surface area contributed by atoms with E-state index in [-0.39, 0.29) is 13.2 Å². The van der Waals surface area contributed by atoms with Gasteiger partial charge in [-0.15, -0.1) is 0 Å². The summed E-state index contributed by atoms with van der Waals surface area (Å²) in [6, 6.07) is 7.15. The van der Waals surface area contributed by atoms with Crippen LogP contribution in [0.2, 0.25) is 0 Å². The van der Waals surface area contributed by atoms with Crippen molar-refractivity contribution in [2.75, 3.05) is 24.9 Å². The predicted molar refractivity (Wildman–Crippen MR) is 68.1 cm³/mol. The molecule has 0 spiro atoms. The Morgan fingerprint density at radius 2 is 2.12 bits per heavy atom. The summed E-state index contributed by atoms with van der Waals surface area (Å²) in [7, 11) is -2.05. The topological polar surface area (TPSA) is 69.6 Å². The lowest BCUT2D eigenvalue weighted by Crippen LogP contribution is -2.33. The molecule has 0 radical (unpaired) electrons. The first kappa shape index (κ1) is 14.0. The van der Waals surface area contributed by atoms with Crippen LogP contribution in [-0.2, 0) is 10.2 Å². The van der Waals surface area contributed by atoms with Crippen LogP contribution in [0.25, 0.3) is 0 Å². The van der Waals surface area contributed by atoms with E-state index in [0.717, 1.165) is 5.56 Å². The third-order valence-corrected chi connectivity index (χ3v) is 3.80. The van der Waals surface area contributed by atoms with Gasteiger partial charge in [0.15, 0.2) is 0 Å². The molecule has 0 fully saturated rings. The predicted octanol–water partition coefficient (Wildman–Crippen LogP) is 0.966. The van der Waals surface area contributed by atoms with Gasteiger partial charge in [0.2, 0.25) is 0 Å². The maximum Gasteiger partial charge on any atom is 0.301 e. The molecule has 5 nitrogen and oxygen atoms in total. The van der Waals surface area contributed by atoms with E-state index in [1.807, 2.05) is 13.0 Å². The van der Waals surface area contributed by atoms with Crippen LogP contribution in [-0.4, -0.2) is 38.0 Å². The van der Waals surface area contributed by atoms with Gasteiger partial charge in [-0.1, -0.05) is 12.1 Å². The monoisotopic (exact) mass is 258 g/mol. The largest absolute Gasteiger partial charge is 0.396 e. The van der Waals surface area contributed by atoms with E-state index in [1.54, 1.807) is 18.2 Å². The standard InChI is InChI=1S/C11H18N2O3S/c1-10-5-3-6-11(9-10)12-17(15,16)13(2)7-4-8-14/h3,5-6,9,12,14H,4,7-8H2,1-2H3. The fourth-order valence-electron chi connectivity index (χ4n) is 1.35. The smallest absolute Gasteiger partial charge is 0.301 e. The third-order valence-electron chi connectivity index (χ3n) is 2.31. The van der Waals surface area contributed by atoms with E-state index in [0.29, 0.717) is 12.1 Å². The molecule has 1 aromatic rings. The van der Waals surface area contributed by atoms with E-state index >= 15 is 0 Å². The molecule has 0 heterocycles. The molecule has 2 N–H and O–H groups in total. The molecule has 1 aromatic carbocycles. The van der Waals surface area contributed by atoms with Crippen LogP contribution >= 0.6 is 0 Å². The Morgan fingerprint density at radius 3 is 2.71 bits per heavy atom. The molecular formula is C11H18N2O3S. The van der Waals surface area contributed by atoms with Gasteiger partial charge >= 0.3 is 10.2 Å². The van der Waals surface area contributed by atoms with Crippen molar-refractivity contribution in [3.05, 3.63) is 29.8 Å². The molecule has 0 aliphatic heterocycles. The lowest BCUT2D eigenvalue weighted by Gasteiger charge is -2.17. The van der Waals surface area contributed by atoms with Crippen molar-refractivity contribution in [3.8, 4) is 0 Å². The lowest BCUT2D eigenvalue weighted by atomic mass is 10.2. The molecule has 0 aliphatic rings. The number of nitrogens with one attached hydrogen (secondary N) is 1. The van der Waals surface area contributed by atoms with Crippen molar-refractivity contribution in [2.24, 2.45) is 0 Å². The number of hydrogen-bond acceptors (Lipinski definition) is 3. The second-order valence-corrected chi connectivity index (χ2v) is 5.65. The van der Waals surface area contributed by atoms with Gasteiger partial charge in [-0.25, -0.2) is 0 Å². The normalized spacial score (nSPS) is 11.8. The Kier molecular flexibility index (Phi) is 4.92. The van der Waals surface area contributed by atoms with Crippen molar-refractivity contribution < 1.29 is 13.5 Å². The summed E-state index contributed by atoms with van der Waals surface area (Å²) in [5.74, 6) is 0. The summed E-state index contributed by atoms with van der Waals surface area (Å²) in [6.45, 7) is 2.16. The van der Waals surface area contributed by atoms with Crippen LogP contribution in [0.15, 0.2) is 24.3 Å². The van der Waals surface area contributed by atoms with Crippen molar-refractivity contribution in [2.45, 2.75) is 13.3 Å². The number of aliphatic hydroxyl groups is 1. The van der Waals surface area contributed by atoms with Crippen LogP contribution in [0.1, 0.15) is 12.0 Å². The molecule has 0 atom stereocenters. The minimum absolute atomic E-state index is 0.0235. The Morgan fingerprint density at radius 1 is 1.41 bits per heavy atom. The quantitative estimate of drug-likeness (QED) is 0.798. The van der Waals surface area contributed by atoms with Crippen LogP contribution in [0.4, 0.5) is 5.69 Å². The first-order valence-corrected chi connectivity index (χ1v) is 6.81. The number of nitrogens with zero attached hydrogens (tertiary/aromatic N) is 1. The van der Waals surface area contributed by atoms with E-state index in [2.05, 4.69) is 4.72 Å². The molecule has 17 heavy (non-hydrogen) atoms. The summed E-state index contributed by atoms with van der Waals surface area (Å²) >= 11 is 0. The second-order valence-electron chi connectivity index (χ2n) is 3.88. The highest BCUT2D eigenvalue weighted by Gasteiger charge is 2.16. The summed E-state index contributed by atoms with van der Waals surface area (Å²) in [4.78, 5) is 0. The molecule has 96 valence electrons. The van der Waals surface area contributed by atoms with E-state index in [1.165, 1.54) is 11.4 Å². The number of benzene rings is 1. The average molecular weight is 258 g/mol. The highest BCUT2D eigenvalue weighted by atomic mass is 32.2. The van der Waals surface area contributed by atoms with Crippen molar-refractivity contribution in [1.82, 2.24) is 4.31 Å². The lowest BCUT2D eigenvalue weighted by molar-refractivity contribution is 0.276. The minimum Gasteiger partial charge on any atom is -0.396 e. The summed E-state index contributed by atoms with van der Waals surface area (Å²) < 4.78 is 27.4. The first-order chi connectivity index (χ1) is 7.95. The fraction of sp³-hybridized carbons (Fsp3) is 0.455. The van der Waals surface area contributed by atoms with Gasteiger partial charge < -0.3 is 5.11 Å². The van der Waals surface area contributed by atoms with Gasteiger partial charge in [0.05, 0.1) is 5.69 Å². The minimum atomic E-state index is -3.53. The van der Waals surface area contributed by atoms with Crippen molar-refractivity contribution in [1.29, 1.82) is 0 Å². The molecule has 0 amide bonds. The number of rotatable bonds is 6. The summed E-state index contributed by atoms with van der Waals surface area (Å²) in [6.07, 6.45) is 0.422. The number of hydrogen-bond donors (Lipinski definition) is 2.